The maximum atomic E-state index is 12.1. The van der Waals surface area contributed by atoms with Crippen molar-refractivity contribution in [3.63, 3.8) is 0 Å². The fraction of sp³-hybridized carbons (Fsp3) is 0.385. The summed E-state index contributed by atoms with van der Waals surface area (Å²) in [6, 6.07) is 3.88. The fourth-order valence-electron chi connectivity index (χ4n) is 1.92. The number of carbonyl (C=O) groups is 2. The van der Waals surface area contributed by atoms with Crippen molar-refractivity contribution >= 4 is 46.8 Å². The Kier molecular flexibility index (Phi) is 5.61. The first-order valence-electron chi connectivity index (χ1n) is 6.17. The summed E-state index contributed by atoms with van der Waals surface area (Å²) in [4.78, 5) is 24.6. The van der Waals surface area contributed by atoms with Crippen molar-refractivity contribution in [2.75, 3.05) is 24.7 Å². The normalized spacial score (nSPS) is 18.4. The van der Waals surface area contributed by atoms with Crippen molar-refractivity contribution in [1.29, 1.82) is 0 Å². The van der Waals surface area contributed by atoms with E-state index in [9.17, 15) is 9.59 Å². The van der Waals surface area contributed by atoms with Gasteiger partial charge in [-0.3, -0.25) is 4.79 Å². The molecule has 1 atom stereocenters. The van der Waals surface area contributed by atoms with E-state index in [2.05, 4.69) is 0 Å². The molecule has 1 fully saturated rings. The van der Waals surface area contributed by atoms with Gasteiger partial charge in [0.1, 0.15) is 11.8 Å². The molecule has 0 aliphatic carbocycles. The number of halogens is 2. The van der Waals surface area contributed by atoms with Gasteiger partial charge in [-0.05, 0) is 18.2 Å². The summed E-state index contributed by atoms with van der Waals surface area (Å²) in [7, 11) is 0. The SMILES string of the molecule is O=C(O)C1CSCCN1C(=O)COc1ccc(Cl)cc1Cl. The van der Waals surface area contributed by atoms with Gasteiger partial charge in [-0.1, -0.05) is 23.2 Å². The molecule has 1 aromatic rings. The van der Waals surface area contributed by atoms with Gasteiger partial charge in [0.05, 0.1) is 5.02 Å². The molecule has 1 heterocycles. The number of hydrogen-bond acceptors (Lipinski definition) is 4. The molecule has 5 nitrogen and oxygen atoms in total. The predicted octanol–water partition coefficient (Wildman–Crippen LogP) is 2.40. The van der Waals surface area contributed by atoms with Crippen LogP contribution < -0.4 is 4.74 Å². The molecule has 2 rings (SSSR count). The largest absolute Gasteiger partial charge is 0.482 e. The van der Waals surface area contributed by atoms with Crippen LogP contribution in [-0.4, -0.2) is 52.6 Å². The number of nitrogens with zero attached hydrogens (tertiary/aromatic N) is 1. The zero-order valence-electron chi connectivity index (χ0n) is 10.9. The Morgan fingerprint density at radius 3 is 2.86 bits per heavy atom. The molecule has 1 saturated heterocycles. The van der Waals surface area contributed by atoms with Crippen molar-refractivity contribution in [3.05, 3.63) is 28.2 Å². The summed E-state index contributed by atoms with van der Waals surface area (Å²) in [5.41, 5.74) is 0. The monoisotopic (exact) mass is 349 g/mol. The molecule has 8 heteroatoms. The number of carbonyl (C=O) groups excluding carboxylic acids is 1. The molecule has 1 aliphatic rings. The summed E-state index contributed by atoms with van der Waals surface area (Å²) in [6.07, 6.45) is 0. The first-order valence-corrected chi connectivity index (χ1v) is 8.08. The Labute approximate surface area is 136 Å². The van der Waals surface area contributed by atoms with Gasteiger partial charge < -0.3 is 14.7 Å². The molecular weight excluding hydrogens is 337 g/mol. The van der Waals surface area contributed by atoms with Crippen LogP contribution in [0, 0.1) is 0 Å². The quantitative estimate of drug-likeness (QED) is 0.903. The lowest BCUT2D eigenvalue weighted by molar-refractivity contribution is -0.150. The first-order chi connectivity index (χ1) is 9.99. The Hall–Kier alpha value is -1.11. The highest BCUT2D eigenvalue weighted by molar-refractivity contribution is 7.99. The molecule has 0 saturated carbocycles. The Morgan fingerprint density at radius 1 is 1.43 bits per heavy atom. The van der Waals surface area contributed by atoms with E-state index in [0.29, 0.717) is 28.1 Å². The van der Waals surface area contributed by atoms with E-state index in [1.165, 1.54) is 22.7 Å². The summed E-state index contributed by atoms with van der Waals surface area (Å²) in [5.74, 6) is 0.0847. The first kappa shape index (κ1) is 16.3. The highest BCUT2D eigenvalue weighted by Crippen LogP contribution is 2.27. The number of carboxylic acids is 1. The van der Waals surface area contributed by atoms with Crippen LogP contribution in [0.5, 0.6) is 5.75 Å². The average molecular weight is 350 g/mol. The molecule has 114 valence electrons. The number of aliphatic carboxylic acids is 1. The van der Waals surface area contributed by atoms with Crippen molar-refractivity contribution in [3.8, 4) is 5.75 Å². The fourth-order valence-corrected chi connectivity index (χ4v) is 3.42. The minimum Gasteiger partial charge on any atom is -0.482 e. The van der Waals surface area contributed by atoms with Crippen molar-refractivity contribution in [1.82, 2.24) is 4.90 Å². The lowest BCUT2D eigenvalue weighted by atomic mass is 10.2. The van der Waals surface area contributed by atoms with E-state index in [4.69, 9.17) is 33.0 Å². The van der Waals surface area contributed by atoms with Crippen molar-refractivity contribution in [2.45, 2.75) is 6.04 Å². The van der Waals surface area contributed by atoms with Gasteiger partial charge in [-0.2, -0.15) is 11.8 Å². The van der Waals surface area contributed by atoms with Crippen LogP contribution in [0.4, 0.5) is 0 Å². The number of thioether (sulfide) groups is 1. The van der Waals surface area contributed by atoms with Crippen LogP contribution in [0.3, 0.4) is 0 Å². The van der Waals surface area contributed by atoms with Crippen LogP contribution in [-0.2, 0) is 9.59 Å². The smallest absolute Gasteiger partial charge is 0.327 e. The molecule has 0 aromatic heterocycles. The van der Waals surface area contributed by atoms with Crippen LogP contribution in [0.25, 0.3) is 0 Å². The van der Waals surface area contributed by atoms with Gasteiger partial charge in [0, 0.05) is 23.1 Å². The molecule has 1 aromatic carbocycles. The van der Waals surface area contributed by atoms with Gasteiger partial charge in [0.15, 0.2) is 6.61 Å². The van der Waals surface area contributed by atoms with Gasteiger partial charge in [0.2, 0.25) is 0 Å². The molecule has 0 spiro atoms. The zero-order valence-corrected chi connectivity index (χ0v) is 13.2. The number of rotatable bonds is 4. The Morgan fingerprint density at radius 2 is 2.19 bits per heavy atom. The van der Waals surface area contributed by atoms with Crippen molar-refractivity contribution in [2.24, 2.45) is 0 Å². The molecule has 0 radical (unpaired) electrons. The third kappa shape index (κ3) is 4.18. The number of carboxylic acid groups (broad SMARTS) is 1. The maximum Gasteiger partial charge on any atom is 0.327 e. The number of benzene rings is 1. The molecule has 21 heavy (non-hydrogen) atoms. The van der Waals surface area contributed by atoms with Crippen LogP contribution in [0.2, 0.25) is 10.0 Å². The van der Waals surface area contributed by atoms with Crippen LogP contribution >= 0.6 is 35.0 Å². The van der Waals surface area contributed by atoms with E-state index in [-0.39, 0.29) is 12.5 Å². The highest BCUT2D eigenvalue weighted by atomic mass is 35.5. The minimum absolute atomic E-state index is 0.254. The predicted molar refractivity (Wildman–Crippen MR) is 82.4 cm³/mol. The lowest BCUT2D eigenvalue weighted by Crippen LogP contribution is -2.51. The number of hydrogen-bond donors (Lipinski definition) is 1. The third-order valence-electron chi connectivity index (χ3n) is 2.98. The molecule has 1 amide bonds. The van der Waals surface area contributed by atoms with E-state index in [0.717, 1.165) is 5.75 Å². The summed E-state index contributed by atoms with van der Waals surface area (Å²) >= 11 is 13.2. The second kappa shape index (κ2) is 7.24. The maximum absolute atomic E-state index is 12.1. The molecule has 1 aliphatic heterocycles. The Bertz CT molecular complexity index is 555. The van der Waals surface area contributed by atoms with E-state index in [1.54, 1.807) is 12.1 Å². The topological polar surface area (TPSA) is 66.8 Å². The molecule has 1 N–H and O–H groups in total. The second-order valence-corrected chi connectivity index (χ2v) is 6.37. The highest BCUT2D eigenvalue weighted by Gasteiger charge is 2.32. The Balaban J connectivity index is 1.98. The van der Waals surface area contributed by atoms with Gasteiger partial charge in [-0.15, -0.1) is 0 Å². The van der Waals surface area contributed by atoms with E-state index >= 15 is 0 Å². The summed E-state index contributed by atoms with van der Waals surface area (Å²) in [6.45, 7) is 0.147. The zero-order chi connectivity index (χ0) is 15.4. The average Bonchev–Trinajstić information content (AvgIpc) is 2.46. The second-order valence-electron chi connectivity index (χ2n) is 4.38. The third-order valence-corrected chi connectivity index (χ3v) is 4.53. The van der Waals surface area contributed by atoms with Gasteiger partial charge in [0.25, 0.3) is 5.91 Å². The van der Waals surface area contributed by atoms with Crippen LogP contribution in [0.1, 0.15) is 0 Å². The summed E-state index contributed by atoms with van der Waals surface area (Å²) < 4.78 is 5.35. The minimum atomic E-state index is -1.000. The molecule has 1 unspecified atom stereocenters. The molecular formula is C13H13Cl2NO4S. The number of ether oxygens (including phenoxy) is 1. The standard InChI is InChI=1S/C13H13Cl2NO4S/c14-8-1-2-11(9(15)5-8)20-6-12(17)16-3-4-21-7-10(16)13(18)19/h1-2,5,10H,3-4,6-7H2,(H,18,19). The lowest BCUT2D eigenvalue weighted by Gasteiger charge is -2.32. The molecule has 0 bridgehead atoms. The van der Waals surface area contributed by atoms with Crippen molar-refractivity contribution < 1.29 is 19.4 Å². The van der Waals surface area contributed by atoms with Gasteiger partial charge in [-0.25, -0.2) is 4.79 Å². The summed E-state index contributed by atoms with van der Waals surface area (Å²) in [5, 5.41) is 9.91. The number of amides is 1. The van der Waals surface area contributed by atoms with Crippen LogP contribution in [0.15, 0.2) is 18.2 Å². The van der Waals surface area contributed by atoms with E-state index < -0.39 is 12.0 Å². The van der Waals surface area contributed by atoms with E-state index in [1.807, 2.05) is 0 Å². The van der Waals surface area contributed by atoms with Gasteiger partial charge >= 0.3 is 5.97 Å².